The molecule has 0 unspecified atom stereocenters. The van der Waals surface area contributed by atoms with Crippen LogP contribution in [0.1, 0.15) is 0 Å². The molecule has 0 amide bonds. The molecule has 90 valence electrons. The lowest BCUT2D eigenvalue weighted by atomic mass is 10.6. The lowest BCUT2D eigenvalue weighted by Gasteiger charge is -1.98. The Morgan fingerprint density at radius 3 is 1.29 bits per heavy atom. The van der Waals surface area contributed by atoms with Gasteiger partial charge in [-0.3, -0.25) is 0 Å². The summed E-state index contributed by atoms with van der Waals surface area (Å²) in [4.78, 5) is 2.11. The van der Waals surface area contributed by atoms with Gasteiger partial charge in [-0.2, -0.15) is 0 Å². The van der Waals surface area contributed by atoms with Crippen LogP contribution in [0.3, 0.4) is 0 Å². The van der Waals surface area contributed by atoms with Crippen LogP contribution in [-0.4, -0.2) is 0 Å². The fraction of sp³-hybridized carbons (Fsp3) is 0. The van der Waals surface area contributed by atoms with Gasteiger partial charge in [0.1, 0.15) is 0 Å². The summed E-state index contributed by atoms with van der Waals surface area (Å²) in [6.07, 6.45) is 0. The standard InChI is InChI=1S/C12H12OS4/c1-5-14-9-10(15-6-2)12(17-8-4)13-11(9)16-7-3/h5-8H,1-4H2. The Kier molecular flexibility index (Phi) is 6.80. The molecule has 0 N–H and O–H groups in total. The third-order valence-corrected chi connectivity index (χ3v) is 4.85. The maximum atomic E-state index is 5.78. The van der Waals surface area contributed by atoms with E-state index in [4.69, 9.17) is 4.42 Å². The molecule has 0 atom stereocenters. The second kappa shape index (κ2) is 7.87. The van der Waals surface area contributed by atoms with Gasteiger partial charge < -0.3 is 4.42 Å². The van der Waals surface area contributed by atoms with Crippen molar-refractivity contribution in [3.63, 3.8) is 0 Å². The quantitative estimate of drug-likeness (QED) is 0.527. The van der Waals surface area contributed by atoms with Gasteiger partial charge in [-0.1, -0.05) is 73.4 Å². The first kappa shape index (κ1) is 14.7. The Labute approximate surface area is 119 Å². The average Bonchev–Trinajstić information content (AvgIpc) is 2.61. The summed E-state index contributed by atoms with van der Waals surface area (Å²) in [5, 5.41) is 8.73. The Morgan fingerprint density at radius 1 is 0.647 bits per heavy atom. The minimum absolute atomic E-state index is 0.832. The first-order valence-electron chi connectivity index (χ1n) is 4.55. The van der Waals surface area contributed by atoms with E-state index in [1.807, 2.05) is 0 Å². The normalized spacial score (nSPS) is 9.88. The van der Waals surface area contributed by atoms with E-state index in [1.165, 1.54) is 23.5 Å². The molecule has 1 rings (SSSR count). The van der Waals surface area contributed by atoms with Crippen molar-refractivity contribution in [3.05, 3.63) is 47.9 Å². The van der Waals surface area contributed by atoms with Crippen molar-refractivity contribution >= 4 is 47.0 Å². The minimum Gasteiger partial charge on any atom is -0.440 e. The molecule has 0 spiro atoms. The molecule has 1 aromatic rings. The van der Waals surface area contributed by atoms with Gasteiger partial charge in [0.15, 0.2) is 10.2 Å². The summed E-state index contributed by atoms with van der Waals surface area (Å²) in [5.41, 5.74) is 0. The maximum absolute atomic E-state index is 5.78. The van der Waals surface area contributed by atoms with E-state index in [1.54, 1.807) is 45.2 Å². The molecule has 0 radical (unpaired) electrons. The van der Waals surface area contributed by atoms with Crippen LogP contribution < -0.4 is 0 Å². The molecule has 0 fully saturated rings. The van der Waals surface area contributed by atoms with Crippen LogP contribution in [0.15, 0.2) is 72.3 Å². The van der Waals surface area contributed by atoms with Gasteiger partial charge in [0.25, 0.3) is 0 Å². The summed E-state index contributed by atoms with van der Waals surface area (Å²) in [6, 6.07) is 0. The van der Waals surface area contributed by atoms with Crippen LogP contribution >= 0.6 is 47.0 Å². The molecule has 0 saturated carbocycles. The average molecular weight is 300 g/mol. The summed E-state index contributed by atoms with van der Waals surface area (Å²) in [5.74, 6) is 0. The largest absolute Gasteiger partial charge is 0.440 e. The first-order chi connectivity index (χ1) is 8.28. The fourth-order valence-corrected chi connectivity index (χ4v) is 4.08. The lowest BCUT2D eigenvalue weighted by molar-refractivity contribution is 0.385. The van der Waals surface area contributed by atoms with Crippen LogP contribution in [0.5, 0.6) is 0 Å². The second-order valence-corrected chi connectivity index (χ2v) is 6.31. The van der Waals surface area contributed by atoms with Gasteiger partial charge in [0.05, 0.1) is 9.79 Å². The molecule has 17 heavy (non-hydrogen) atoms. The number of thioether (sulfide) groups is 4. The van der Waals surface area contributed by atoms with Gasteiger partial charge in [0, 0.05) is 0 Å². The third-order valence-electron chi connectivity index (χ3n) is 1.55. The van der Waals surface area contributed by atoms with E-state index in [-0.39, 0.29) is 0 Å². The van der Waals surface area contributed by atoms with E-state index in [0.717, 1.165) is 20.0 Å². The van der Waals surface area contributed by atoms with Gasteiger partial charge in [-0.25, -0.2) is 0 Å². The summed E-state index contributed by atoms with van der Waals surface area (Å²) >= 11 is 6.00. The van der Waals surface area contributed by atoms with Crippen LogP contribution in [0.25, 0.3) is 0 Å². The monoisotopic (exact) mass is 300 g/mol. The van der Waals surface area contributed by atoms with Crippen molar-refractivity contribution in [1.82, 2.24) is 0 Å². The molecule has 1 nitrogen and oxygen atoms in total. The summed E-state index contributed by atoms with van der Waals surface area (Å²) < 4.78 is 5.78. The lowest BCUT2D eigenvalue weighted by Crippen LogP contribution is -1.71. The van der Waals surface area contributed by atoms with E-state index in [0.29, 0.717) is 0 Å². The van der Waals surface area contributed by atoms with Gasteiger partial charge in [-0.05, 0) is 21.6 Å². The van der Waals surface area contributed by atoms with E-state index >= 15 is 0 Å². The Morgan fingerprint density at radius 2 is 1.00 bits per heavy atom. The highest BCUT2D eigenvalue weighted by molar-refractivity contribution is 8.07. The molecular formula is C12H12OS4. The fourth-order valence-electron chi connectivity index (χ4n) is 1.04. The van der Waals surface area contributed by atoms with E-state index in [2.05, 4.69) is 26.3 Å². The van der Waals surface area contributed by atoms with Crippen molar-refractivity contribution < 1.29 is 4.42 Å². The first-order valence-corrected chi connectivity index (χ1v) is 8.07. The zero-order valence-electron chi connectivity index (χ0n) is 9.18. The minimum atomic E-state index is 0.832. The van der Waals surface area contributed by atoms with Crippen molar-refractivity contribution in [3.8, 4) is 0 Å². The third kappa shape index (κ3) is 3.81. The zero-order valence-corrected chi connectivity index (χ0v) is 12.4. The highest BCUT2D eigenvalue weighted by Gasteiger charge is 2.19. The molecular weight excluding hydrogens is 288 g/mol. The number of hydrogen-bond acceptors (Lipinski definition) is 5. The van der Waals surface area contributed by atoms with Gasteiger partial charge in [0.2, 0.25) is 0 Å². The molecule has 1 heterocycles. The highest BCUT2D eigenvalue weighted by Crippen LogP contribution is 2.47. The molecule has 5 heteroatoms. The second-order valence-electron chi connectivity index (χ2n) is 2.47. The van der Waals surface area contributed by atoms with Crippen LogP contribution in [0, 0.1) is 0 Å². The number of rotatable bonds is 8. The SMILES string of the molecule is C=CSc1oc(SC=C)c(SC=C)c1SC=C. The Balaban J connectivity index is 3.24. The van der Waals surface area contributed by atoms with Crippen molar-refractivity contribution in [1.29, 1.82) is 0 Å². The molecule has 0 aliphatic carbocycles. The van der Waals surface area contributed by atoms with E-state index < -0.39 is 0 Å². The highest BCUT2D eigenvalue weighted by atomic mass is 32.2. The molecule has 0 bridgehead atoms. The number of furan rings is 1. The molecule has 0 aliphatic heterocycles. The molecule has 1 aromatic heterocycles. The van der Waals surface area contributed by atoms with Crippen LogP contribution in [0.4, 0.5) is 0 Å². The van der Waals surface area contributed by atoms with Gasteiger partial charge >= 0.3 is 0 Å². The smallest absolute Gasteiger partial charge is 0.181 e. The van der Waals surface area contributed by atoms with Crippen LogP contribution in [0.2, 0.25) is 0 Å². The summed E-state index contributed by atoms with van der Waals surface area (Å²) in [6.45, 7) is 14.9. The van der Waals surface area contributed by atoms with Crippen molar-refractivity contribution in [2.75, 3.05) is 0 Å². The molecule has 0 aliphatic rings. The van der Waals surface area contributed by atoms with Gasteiger partial charge in [-0.15, -0.1) is 0 Å². The van der Waals surface area contributed by atoms with Crippen LogP contribution in [-0.2, 0) is 0 Å². The van der Waals surface area contributed by atoms with Crippen molar-refractivity contribution in [2.24, 2.45) is 0 Å². The number of hydrogen-bond donors (Lipinski definition) is 0. The Bertz CT molecular complexity index is 395. The van der Waals surface area contributed by atoms with Crippen molar-refractivity contribution in [2.45, 2.75) is 20.0 Å². The predicted molar refractivity (Wildman–Crippen MR) is 82.9 cm³/mol. The zero-order chi connectivity index (χ0) is 12.7. The predicted octanol–water partition coefficient (Wildman–Crippen LogP) is 6.22. The topological polar surface area (TPSA) is 13.1 Å². The maximum Gasteiger partial charge on any atom is 0.181 e. The van der Waals surface area contributed by atoms with E-state index in [9.17, 15) is 0 Å². The molecule has 0 aromatic carbocycles. The summed E-state index contributed by atoms with van der Waals surface area (Å²) in [7, 11) is 0. The molecule has 0 saturated heterocycles. The Hall–Kier alpha value is -0.360.